The van der Waals surface area contributed by atoms with Crippen molar-refractivity contribution in [2.45, 2.75) is 19.6 Å². The van der Waals surface area contributed by atoms with E-state index in [2.05, 4.69) is 15.9 Å². The van der Waals surface area contributed by atoms with Crippen molar-refractivity contribution >= 4 is 35.6 Å². The van der Waals surface area contributed by atoms with Crippen molar-refractivity contribution in [3.05, 3.63) is 83.3 Å². The molecule has 0 N–H and O–H groups in total. The molecule has 0 aromatic heterocycles. The highest BCUT2D eigenvalue weighted by atomic mass is 79.9. The van der Waals surface area contributed by atoms with Crippen LogP contribution in [0, 0.1) is 0 Å². The number of benzene rings is 3. The molecular weight excluding hydrogens is 424 g/mol. The Labute approximate surface area is 155 Å². The molecule has 0 unspecified atom stereocenters. The van der Waals surface area contributed by atoms with Crippen LogP contribution in [0.4, 0.5) is 0 Å². The lowest BCUT2D eigenvalue weighted by molar-refractivity contribution is 0.593. The standard InChI is InChI=1S/C18H13BrO4S2/c19-17-12-11-16(24(20,21)14-7-3-1-4-8-14)13-18(17)25(22,23)15-9-5-2-6-10-15/h1-13H. The smallest absolute Gasteiger partial charge is 0.207 e. The first-order valence-corrected chi connectivity index (χ1v) is 11.0. The molecule has 128 valence electrons. The molecule has 0 aliphatic heterocycles. The van der Waals surface area contributed by atoms with E-state index in [1.165, 1.54) is 42.5 Å². The molecule has 0 atom stereocenters. The summed E-state index contributed by atoms with van der Waals surface area (Å²) >= 11 is 3.21. The molecule has 25 heavy (non-hydrogen) atoms. The van der Waals surface area contributed by atoms with Crippen LogP contribution in [0.15, 0.2) is 103 Å². The molecular formula is C18H13BrO4S2. The fourth-order valence-electron chi connectivity index (χ4n) is 2.32. The summed E-state index contributed by atoms with van der Waals surface area (Å²) in [5, 5.41) is 0. The van der Waals surface area contributed by atoms with Crippen LogP contribution in [0.1, 0.15) is 0 Å². The minimum Gasteiger partial charge on any atom is -0.219 e. The average Bonchev–Trinajstić information content (AvgIpc) is 2.63. The second-order valence-electron chi connectivity index (χ2n) is 5.23. The van der Waals surface area contributed by atoms with E-state index in [0.29, 0.717) is 4.47 Å². The summed E-state index contributed by atoms with van der Waals surface area (Å²) < 4.78 is 51.5. The molecule has 0 fully saturated rings. The van der Waals surface area contributed by atoms with Crippen molar-refractivity contribution in [3.8, 4) is 0 Å². The first-order chi connectivity index (χ1) is 11.8. The molecule has 0 spiro atoms. The largest absolute Gasteiger partial charge is 0.219 e. The third kappa shape index (κ3) is 3.40. The summed E-state index contributed by atoms with van der Waals surface area (Å²) in [6, 6.07) is 19.8. The van der Waals surface area contributed by atoms with Crippen LogP contribution < -0.4 is 0 Å². The van der Waals surface area contributed by atoms with Gasteiger partial charge in [-0.1, -0.05) is 36.4 Å². The zero-order valence-corrected chi connectivity index (χ0v) is 16.1. The summed E-state index contributed by atoms with van der Waals surface area (Å²) in [6.07, 6.45) is 0. The first-order valence-electron chi connectivity index (χ1n) is 7.23. The van der Waals surface area contributed by atoms with Gasteiger partial charge in [-0.3, -0.25) is 0 Å². The quantitative estimate of drug-likeness (QED) is 0.616. The van der Waals surface area contributed by atoms with E-state index in [1.807, 2.05) is 0 Å². The summed E-state index contributed by atoms with van der Waals surface area (Å²) in [5.41, 5.74) is 0. The summed E-state index contributed by atoms with van der Waals surface area (Å²) in [7, 11) is -7.65. The zero-order valence-electron chi connectivity index (χ0n) is 12.8. The third-order valence-corrected chi connectivity index (χ3v) is 8.14. The van der Waals surface area contributed by atoms with Crippen LogP contribution in [-0.4, -0.2) is 16.8 Å². The lowest BCUT2D eigenvalue weighted by atomic mass is 10.4. The monoisotopic (exact) mass is 436 g/mol. The van der Waals surface area contributed by atoms with Crippen molar-refractivity contribution < 1.29 is 16.8 Å². The van der Waals surface area contributed by atoms with Crippen LogP contribution in [0.25, 0.3) is 0 Å². The third-order valence-electron chi connectivity index (χ3n) is 3.61. The van der Waals surface area contributed by atoms with Crippen molar-refractivity contribution in [1.82, 2.24) is 0 Å². The van der Waals surface area contributed by atoms with Crippen LogP contribution in [0.2, 0.25) is 0 Å². The number of rotatable bonds is 4. The van der Waals surface area contributed by atoms with E-state index in [0.717, 1.165) is 0 Å². The highest BCUT2D eigenvalue weighted by Crippen LogP contribution is 2.31. The van der Waals surface area contributed by atoms with E-state index >= 15 is 0 Å². The van der Waals surface area contributed by atoms with Gasteiger partial charge in [0.25, 0.3) is 0 Å². The molecule has 3 rings (SSSR count). The topological polar surface area (TPSA) is 68.3 Å². The van der Waals surface area contributed by atoms with Crippen LogP contribution >= 0.6 is 15.9 Å². The normalized spacial score (nSPS) is 12.0. The predicted molar refractivity (Wildman–Crippen MR) is 97.9 cm³/mol. The van der Waals surface area contributed by atoms with Gasteiger partial charge in [0.2, 0.25) is 19.7 Å². The van der Waals surface area contributed by atoms with E-state index in [-0.39, 0.29) is 19.6 Å². The van der Waals surface area contributed by atoms with Gasteiger partial charge >= 0.3 is 0 Å². The number of hydrogen-bond donors (Lipinski definition) is 0. The van der Waals surface area contributed by atoms with Crippen LogP contribution in [0.3, 0.4) is 0 Å². The van der Waals surface area contributed by atoms with Gasteiger partial charge in [-0.25, -0.2) is 16.8 Å². The zero-order chi connectivity index (χ0) is 18.1. The minimum absolute atomic E-state index is 0.0728. The fraction of sp³-hybridized carbons (Fsp3) is 0. The van der Waals surface area contributed by atoms with E-state index in [9.17, 15) is 16.8 Å². The van der Waals surface area contributed by atoms with Crippen molar-refractivity contribution in [1.29, 1.82) is 0 Å². The molecule has 4 nitrogen and oxygen atoms in total. The van der Waals surface area contributed by atoms with Gasteiger partial charge in [0.1, 0.15) is 0 Å². The lowest BCUT2D eigenvalue weighted by Crippen LogP contribution is -2.07. The summed E-state index contributed by atoms with van der Waals surface area (Å²) in [6.45, 7) is 0. The Hall–Kier alpha value is -1.96. The first kappa shape index (κ1) is 17.8. The van der Waals surface area contributed by atoms with Gasteiger partial charge in [-0.2, -0.15) is 0 Å². The van der Waals surface area contributed by atoms with Gasteiger partial charge in [-0.15, -0.1) is 0 Å². The molecule has 0 bridgehead atoms. The SMILES string of the molecule is O=S(=O)(c1ccccc1)c1ccc(Br)c(S(=O)(=O)c2ccccc2)c1. The molecule has 0 radical (unpaired) electrons. The molecule has 7 heteroatoms. The average molecular weight is 437 g/mol. The van der Waals surface area contributed by atoms with Gasteiger partial charge < -0.3 is 0 Å². The molecule has 0 heterocycles. The van der Waals surface area contributed by atoms with E-state index in [1.54, 1.807) is 36.4 Å². The molecule has 0 aliphatic rings. The highest BCUT2D eigenvalue weighted by Gasteiger charge is 2.25. The fourth-order valence-corrected chi connectivity index (χ4v) is 5.96. The van der Waals surface area contributed by atoms with Crippen molar-refractivity contribution in [2.75, 3.05) is 0 Å². The van der Waals surface area contributed by atoms with Gasteiger partial charge in [0, 0.05) is 4.47 Å². The van der Waals surface area contributed by atoms with E-state index in [4.69, 9.17) is 0 Å². The Morgan fingerprint density at radius 2 is 1.04 bits per heavy atom. The second kappa shape index (κ2) is 6.74. The second-order valence-corrected chi connectivity index (χ2v) is 9.95. The Bertz CT molecular complexity index is 1110. The van der Waals surface area contributed by atoms with E-state index < -0.39 is 19.7 Å². The van der Waals surface area contributed by atoms with Crippen molar-refractivity contribution in [2.24, 2.45) is 0 Å². The van der Waals surface area contributed by atoms with Gasteiger partial charge in [0.05, 0.1) is 19.6 Å². The predicted octanol–water partition coefficient (Wildman–Crippen LogP) is 4.11. The molecule has 3 aromatic carbocycles. The minimum atomic E-state index is -3.85. The number of halogens is 1. The molecule has 0 aliphatic carbocycles. The van der Waals surface area contributed by atoms with Crippen molar-refractivity contribution in [3.63, 3.8) is 0 Å². The summed E-state index contributed by atoms with van der Waals surface area (Å²) in [4.78, 5) is 0.0532. The maximum Gasteiger partial charge on any atom is 0.207 e. The lowest BCUT2D eigenvalue weighted by Gasteiger charge is -2.10. The summed E-state index contributed by atoms with van der Waals surface area (Å²) in [5.74, 6) is 0. The Kier molecular flexibility index (Phi) is 4.81. The molecule has 0 amide bonds. The Balaban J connectivity index is 2.18. The molecule has 0 saturated carbocycles. The molecule has 3 aromatic rings. The Morgan fingerprint density at radius 1 is 0.560 bits per heavy atom. The van der Waals surface area contributed by atoms with Crippen LogP contribution in [-0.2, 0) is 19.7 Å². The van der Waals surface area contributed by atoms with Gasteiger partial charge in [-0.05, 0) is 58.4 Å². The van der Waals surface area contributed by atoms with Gasteiger partial charge in [0.15, 0.2) is 0 Å². The highest BCUT2D eigenvalue weighted by molar-refractivity contribution is 9.10. The number of hydrogen-bond acceptors (Lipinski definition) is 4. The Morgan fingerprint density at radius 3 is 1.56 bits per heavy atom. The molecule has 0 saturated heterocycles. The maximum absolute atomic E-state index is 12.8. The van der Waals surface area contributed by atoms with Crippen LogP contribution in [0.5, 0.6) is 0 Å². The maximum atomic E-state index is 12.8. The number of sulfone groups is 2.